The van der Waals surface area contributed by atoms with Gasteiger partial charge in [-0.2, -0.15) is 0 Å². The van der Waals surface area contributed by atoms with Gasteiger partial charge in [0.25, 0.3) is 0 Å². The van der Waals surface area contributed by atoms with Crippen LogP contribution >= 0.6 is 27.5 Å². The molecule has 2 aromatic rings. The average Bonchev–Trinajstić information content (AvgIpc) is 2.52. The van der Waals surface area contributed by atoms with Gasteiger partial charge in [0.2, 0.25) is 0 Å². The first kappa shape index (κ1) is 10.1. The summed E-state index contributed by atoms with van der Waals surface area (Å²) >= 11 is 9.32. The minimum absolute atomic E-state index is 0.0722. The molecule has 0 saturated carbocycles. The number of hydrogen-bond donors (Lipinski definition) is 0. The molecule has 0 spiro atoms. The Hall–Kier alpha value is -1.12. The molecule has 0 aromatic heterocycles. The second-order valence-electron chi connectivity index (χ2n) is 3.71. The van der Waals surface area contributed by atoms with E-state index in [0.717, 1.165) is 26.7 Å². The smallest absolute Gasteiger partial charge is 0.194 e. The Kier molecular flexibility index (Phi) is 2.16. The second-order valence-corrected chi connectivity index (χ2v) is 5.06. The topological polar surface area (TPSA) is 17.1 Å². The van der Waals surface area contributed by atoms with Gasteiger partial charge in [-0.3, -0.25) is 4.79 Å². The van der Waals surface area contributed by atoms with E-state index in [2.05, 4.69) is 15.9 Å². The maximum absolute atomic E-state index is 12.1. The summed E-state index contributed by atoms with van der Waals surface area (Å²) in [7, 11) is 0. The van der Waals surface area contributed by atoms with Crippen molar-refractivity contribution in [3.8, 4) is 11.1 Å². The fourth-order valence-electron chi connectivity index (χ4n) is 2.02. The van der Waals surface area contributed by atoms with Crippen molar-refractivity contribution in [3.63, 3.8) is 0 Å². The van der Waals surface area contributed by atoms with Crippen molar-refractivity contribution in [2.24, 2.45) is 0 Å². The van der Waals surface area contributed by atoms with E-state index in [4.69, 9.17) is 11.6 Å². The molecule has 0 fully saturated rings. The molecule has 0 radical (unpaired) electrons. The zero-order chi connectivity index (χ0) is 11.3. The Morgan fingerprint density at radius 3 is 2.44 bits per heavy atom. The first-order valence-electron chi connectivity index (χ1n) is 4.81. The number of carbonyl (C=O) groups excluding carboxylic acids is 1. The van der Waals surface area contributed by atoms with Crippen LogP contribution in [0.3, 0.4) is 0 Å². The van der Waals surface area contributed by atoms with Crippen LogP contribution in [0.15, 0.2) is 40.9 Å². The molecule has 0 unspecified atom stereocenters. The van der Waals surface area contributed by atoms with E-state index in [0.29, 0.717) is 5.02 Å². The highest BCUT2D eigenvalue weighted by atomic mass is 79.9. The number of benzene rings is 2. The van der Waals surface area contributed by atoms with E-state index in [1.165, 1.54) is 0 Å². The Labute approximate surface area is 106 Å². The first-order chi connectivity index (χ1) is 7.66. The van der Waals surface area contributed by atoms with Gasteiger partial charge >= 0.3 is 0 Å². The zero-order valence-corrected chi connectivity index (χ0v) is 10.5. The van der Waals surface area contributed by atoms with Crippen LogP contribution in [0.5, 0.6) is 0 Å². The minimum Gasteiger partial charge on any atom is -0.289 e. The van der Waals surface area contributed by atoms with Crippen molar-refractivity contribution in [2.75, 3.05) is 0 Å². The highest BCUT2D eigenvalue weighted by molar-refractivity contribution is 9.10. The molecule has 0 amide bonds. The van der Waals surface area contributed by atoms with Crippen molar-refractivity contribution in [3.05, 3.63) is 57.0 Å². The third kappa shape index (κ3) is 1.34. The van der Waals surface area contributed by atoms with E-state index < -0.39 is 0 Å². The molecule has 1 aliphatic rings. The first-order valence-corrected chi connectivity index (χ1v) is 5.98. The van der Waals surface area contributed by atoms with Crippen molar-refractivity contribution in [1.29, 1.82) is 0 Å². The Balaban J connectivity index is 2.36. The van der Waals surface area contributed by atoms with Crippen LogP contribution in [0, 0.1) is 0 Å². The molecule has 0 bridgehead atoms. The van der Waals surface area contributed by atoms with Crippen molar-refractivity contribution >= 4 is 33.3 Å². The summed E-state index contributed by atoms with van der Waals surface area (Å²) in [6.45, 7) is 0. The second kappa shape index (κ2) is 3.44. The molecule has 3 rings (SSSR count). The molecule has 0 aliphatic heterocycles. The van der Waals surface area contributed by atoms with Gasteiger partial charge in [-0.25, -0.2) is 0 Å². The van der Waals surface area contributed by atoms with Gasteiger partial charge in [0, 0.05) is 20.6 Å². The van der Waals surface area contributed by atoms with Crippen LogP contribution < -0.4 is 0 Å². The predicted octanol–water partition coefficient (Wildman–Crippen LogP) is 4.31. The molecule has 2 aromatic carbocycles. The highest BCUT2D eigenvalue weighted by Gasteiger charge is 2.26. The van der Waals surface area contributed by atoms with Crippen LogP contribution in [-0.2, 0) is 0 Å². The Morgan fingerprint density at radius 2 is 1.62 bits per heavy atom. The van der Waals surface area contributed by atoms with E-state index in [-0.39, 0.29) is 5.78 Å². The molecular formula is C13H6BrClO. The Bertz CT molecular complexity index is 619. The number of hydrogen-bond acceptors (Lipinski definition) is 1. The van der Waals surface area contributed by atoms with Crippen LogP contribution in [0.4, 0.5) is 0 Å². The fourth-order valence-corrected chi connectivity index (χ4v) is 2.55. The van der Waals surface area contributed by atoms with Gasteiger partial charge in [-0.1, -0.05) is 33.6 Å². The van der Waals surface area contributed by atoms with Crippen LogP contribution in [0.1, 0.15) is 15.9 Å². The maximum atomic E-state index is 12.1. The largest absolute Gasteiger partial charge is 0.289 e. The number of carbonyl (C=O) groups is 1. The molecular weight excluding hydrogens is 287 g/mol. The standard InChI is InChI=1S/C13H6BrClO/c14-7-1-3-9-11-6-8(15)2-4-10(11)13(16)12(9)5-7/h1-6H. The summed E-state index contributed by atoms with van der Waals surface area (Å²) in [5.74, 6) is 0.0722. The molecule has 78 valence electrons. The lowest BCUT2D eigenvalue weighted by atomic mass is 10.1. The number of fused-ring (bicyclic) bond motifs is 3. The zero-order valence-electron chi connectivity index (χ0n) is 8.13. The van der Waals surface area contributed by atoms with Crippen molar-refractivity contribution < 1.29 is 4.79 Å². The van der Waals surface area contributed by atoms with Gasteiger partial charge in [0.1, 0.15) is 0 Å². The lowest BCUT2D eigenvalue weighted by Crippen LogP contribution is -1.94. The molecule has 0 heterocycles. The minimum atomic E-state index is 0.0722. The third-order valence-electron chi connectivity index (χ3n) is 2.74. The van der Waals surface area contributed by atoms with Gasteiger partial charge < -0.3 is 0 Å². The quantitative estimate of drug-likeness (QED) is 0.603. The van der Waals surface area contributed by atoms with Gasteiger partial charge in [0.05, 0.1) is 0 Å². The van der Waals surface area contributed by atoms with Crippen molar-refractivity contribution in [2.45, 2.75) is 0 Å². The van der Waals surface area contributed by atoms with Crippen molar-refractivity contribution in [1.82, 2.24) is 0 Å². The highest BCUT2D eigenvalue weighted by Crippen LogP contribution is 2.38. The Morgan fingerprint density at radius 1 is 0.875 bits per heavy atom. The van der Waals surface area contributed by atoms with Gasteiger partial charge in [0.15, 0.2) is 5.78 Å². The SMILES string of the molecule is O=C1c2cc(Br)ccc2-c2cc(Cl)ccc21. The molecule has 1 aliphatic carbocycles. The van der Waals surface area contributed by atoms with E-state index in [9.17, 15) is 4.79 Å². The monoisotopic (exact) mass is 292 g/mol. The third-order valence-corrected chi connectivity index (χ3v) is 3.47. The van der Waals surface area contributed by atoms with Gasteiger partial charge in [-0.15, -0.1) is 0 Å². The summed E-state index contributed by atoms with van der Waals surface area (Å²) in [5, 5.41) is 0.655. The van der Waals surface area contributed by atoms with E-state index in [1.54, 1.807) is 12.1 Å². The molecule has 0 atom stereocenters. The molecule has 16 heavy (non-hydrogen) atoms. The summed E-state index contributed by atoms with van der Waals surface area (Å²) in [6.07, 6.45) is 0. The normalized spacial score (nSPS) is 12.5. The van der Waals surface area contributed by atoms with E-state index >= 15 is 0 Å². The lowest BCUT2D eigenvalue weighted by Gasteiger charge is -2.00. The average molecular weight is 294 g/mol. The molecule has 1 nitrogen and oxygen atoms in total. The maximum Gasteiger partial charge on any atom is 0.194 e. The summed E-state index contributed by atoms with van der Waals surface area (Å²) < 4.78 is 0.915. The predicted molar refractivity (Wildman–Crippen MR) is 68.0 cm³/mol. The molecule has 3 heteroatoms. The van der Waals surface area contributed by atoms with Gasteiger partial charge in [-0.05, 0) is 41.5 Å². The van der Waals surface area contributed by atoms with Crippen LogP contribution in [0.25, 0.3) is 11.1 Å². The number of halogens is 2. The molecule has 0 saturated heterocycles. The van der Waals surface area contributed by atoms with Crippen LogP contribution in [0.2, 0.25) is 5.02 Å². The lowest BCUT2D eigenvalue weighted by molar-refractivity contribution is 0.104. The van der Waals surface area contributed by atoms with E-state index in [1.807, 2.05) is 24.3 Å². The molecule has 0 N–H and O–H groups in total. The summed E-state index contributed by atoms with van der Waals surface area (Å²) in [6, 6.07) is 11.1. The summed E-state index contributed by atoms with van der Waals surface area (Å²) in [5.41, 5.74) is 3.37. The number of rotatable bonds is 0. The van der Waals surface area contributed by atoms with Crippen LogP contribution in [-0.4, -0.2) is 5.78 Å². The number of ketones is 1. The summed E-state index contributed by atoms with van der Waals surface area (Å²) in [4.78, 5) is 12.1. The fraction of sp³-hybridized carbons (Fsp3) is 0.